The number of nitrogens with zero attached hydrogens (tertiary/aromatic N) is 12. The molecular formula is C56H70N16O5Si2. The van der Waals surface area contributed by atoms with Crippen molar-refractivity contribution < 1.29 is 24.2 Å². The van der Waals surface area contributed by atoms with Gasteiger partial charge in [-0.1, -0.05) is 63.5 Å². The fourth-order valence-corrected chi connectivity index (χ4v) is 11.0. The van der Waals surface area contributed by atoms with Crippen molar-refractivity contribution in [2.75, 3.05) is 24.3 Å². The van der Waals surface area contributed by atoms with Gasteiger partial charge in [0.25, 0.3) is 5.91 Å². The van der Waals surface area contributed by atoms with E-state index >= 15 is 0 Å². The molecule has 0 spiro atoms. The molecule has 0 radical (unpaired) electrons. The van der Waals surface area contributed by atoms with E-state index in [1.54, 1.807) is 51.0 Å². The van der Waals surface area contributed by atoms with Gasteiger partial charge in [0.05, 0.1) is 72.5 Å². The molecule has 0 saturated carbocycles. The fourth-order valence-electron chi connectivity index (χ4n) is 9.46. The minimum Gasteiger partial charge on any atom is -0.476 e. The number of ether oxygens (including phenoxy) is 2. The first-order valence-electron chi connectivity index (χ1n) is 26.5. The van der Waals surface area contributed by atoms with Crippen molar-refractivity contribution in [2.24, 2.45) is 0 Å². The van der Waals surface area contributed by atoms with Crippen molar-refractivity contribution in [1.29, 1.82) is 10.5 Å². The van der Waals surface area contributed by atoms with Gasteiger partial charge in [0.15, 0.2) is 11.4 Å². The normalized spacial score (nSPS) is 14.8. The van der Waals surface area contributed by atoms with Gasteiger partial charge in [-0.05, 0) is 109 Å². The first-order chi connectivity index (χ1) is 37.9. The number of anilines is 2. The van der Waals surface area contributed by atoms with E-state index in [1.807, 2.05) is 59.7 Å². The van der Waals surface area contributed by atoms with E-state index in [9.17, 15) is 14.7 Å². The molecule has 412 valence electrons. The maximum Gasteiger partial charge on any atom is 0.356 e. The quantitative estimate of drug-likeness (QED) is 0.0374. The van der Waals surface area contributed by atoms with E-state index in [0.717, 1.165) is 84.4 Å². The summed E-state index contributed by atoms with van der Waals surface area (Å²) in [5.41, 5.74) is 16.9. The van der Waals surface area contributed by atoms with Crippen LogP contribution in [-0.4, -0.2) is 106 Å². The van der Waals surface area contributed by atoms with Crippen LogP contribution in [0.15, 0.2) is 98.1 Å². The summed E-state index contributed by atoms with van der Waals surface area (Å²) in [6.45, 7) is 17.3. The molecule has 2 aliphatic carbocycles. The topological polar surface area (TPSA) is 287 Å². The highest BCUT2D eigenvalue weighted by Gasteiger charge is 2.31. The molecule has 6 aromatic heterocycles. The Morgan fingerprint density at radius 2 is 1.38 bits per heavy atom. The van der Waals surface area contributed by atoms with Crippen LogP contribution in [0.25, 0.3) is 0 Å². The number of aromatic nitrogens is 12. The number of rotatable bonds is 19. The monoisotopic (exact) mass is 1100 g/mol. The lowest BCUT2D eigenvalue weighted by Gasteiger charge is -2.23. The summed E-state index contributed by atoms with van der Waals surface area (Å²) in [5, 5.41) is 61.8. The first kappa shape index (κ1) is 57.0. The van der Waals surface area contributed by atoms with E-state index in [1.165, 1.54) is 11.1 Å². The van der Waals surface area contributed by atoms with E-state index < -0.39 is 22.1 Å². The number of fused-ring (bicyclic) bond motifs is 2. The van der Waals surface area contributed by atoms with Gasteiger partial charge in [-0.25, -0.2) is 14.2 Å². The molecule has 2 atom stereocenters. The smallest absolute Gasteiger partial charge is 0.356 e. The summed E-state index contributed by atoms with van der Waals surface area (Å²) >= 11 is 0. The lowest BCUT2D eigenvalue weighted by atomic mass is 9.83. The van der Waals surface area contributed by atoms with Gasteiger partial charge in [0.2, 0.25) is 0 Å². The molecule has 2 unspecified atom stereocenters. The second kappa shape index (κ2) is 25.9. The summed E-state index contributed by atoms with van der Waals surface area (Å²) in [6.07, 6.45) is 19.4. The number of H-pyrrole nitrogens is 2. The maximum atomic E-state index is 12.8. The van der Waals surface area contributed by atoms with Crippen LogP contribution in [0.2, 0.25) is 51.4 Å². The number of benzene rings is 2. The zero-order valence-corrected chi connectivity index (χ0v) is 47.8. The van der Waals surface area contributed by atoms with Crippen LogP contribution >= 0.6 is 0 Å². The van der Waals surface area contributed by atoms with Gasteiger partial charge in [-0.2, -0.15) is 41.1 Å². The van der Waals surface area contributed by atoms with Crippen LogP contribution in [-0.2, 0) is 61.7 Å². The third kappa shape index (κ3) is 16.2. The Hall–Kier alpha value is -8.23. The number of nitriles is 2. The molecule has 8 aromatic rings. The molecule has 10 rings (SSSR count). The fraction of sp³-hybridized carbons (Fsp3) is 0.393. The Balaban J connectivity index is 0.000000166. The van der Waals surface area contributed by atoms with Gasteiger partial charge < -0.3 is 25.6 Å². The molecule has 2 aromatic carbocycles. The molecule has 21 nitrogen and oxygen atoms in total. The Labute approximate surface area is 461 Å². The first-order valence-corrected chi connectivity index (χ1v) is 34.0. The number of aromatic carboxylic acids is 1. The highest BCUT2D eigenvalue weighted by molar-refractivity contribution is 6.76. The third-order valence-corrected chi connectivity index (χ3v) is 17.2. The number of amides is 1. The van der Waals surface area contributed by atoms with Crippen LogP contribution in [0, 0.1) is 22.7 Å². The number of nitrogens with two attached hydrogens (primary N) is 1. The number of carbonyl (C=O) groups excluding carboxylic acids is 1. The average molecular weight is 1100 g/mol. The molecule has 6 N–H and O–H groups in total. The van der Waals surface area contributed by atoms with E-state index in [0.29, 0.717) is 73.7 Å². The highest BCUT2D eigenvalue weighted by atomic mass is 28.3. The van der Waals surface area contributed by atoms with Crippen molar-refractivity contribution >= 4 is 39.4 Å². The Kier molecular flexibility index (Phi) is 18.7. The average Bonchev–Trinajstić information content (AvgIpc) is 4.38. The summed E-state index contributed by atoms with van der Waals surface area (Å²) < 4.78 is 18.8. The molecule has 0 aliphatic heterocycles. The summed E-state index contributed by atoms with van der Waals surface area (Å²) in [7, 11) is -2.27. The van der Waals surface area contributed by atoms with Crippen molar-refractivity contribution in [3.05, 3.63) is 165 Å². The molecule has 79 heavy (non-hydrogen) atoms. The Morgan fingerprint density at radius 1 is 0.759 bits per heavy atom. The number of hydrogen-bond donors (Lipinski definition) is 5. The van der Waals surface area contributed by atoms with Crippen molar-refractivity contribution in [3.8, 4) is 12.1 Å². The van der Waals surface area contributed by atoms with Crippen LogP contribution in [0.1, 0.15) is 102 Å². The second-order valence-corrected chi connectivity index (χ2v) is 33.7. The Bertz CT molecular complexity index is 3400. The molecule has 23 heteroatoms. The van der Waals surface area contributed by atoms with Crippen LogP contribution in [0.4, 0.5) is 11.4 Å². The number of aromatic amines is 2. The third-order valence-electron chi connectivity index (χ3n) is 13.8. The second-order valence-electron chi connectivity index (χ2n) is 22.5. The van der Waals surface area contributed by atoms with Crippen molar-refractivity contribution in [2.45, 2.75) is 128 Å². The predicted octanol–water partition coefficient (Wildman–Crippen LogP) is 8.83. The van der Waals surface area contributed by atoms with Gasteiger partial charge in [0.1, 0.15) is 13.5 Å². The SMILES string of the molecule is C[Si](C)(C)CCOCn1cc(C2CCc3c(C(=O)O)nn(COCC[Si](C)(C)C)c3C2)cn1.N#Cc1cccc(Cn2cc(N)cn2)c1.N#Cc1cccc(Cn2cc(NC(=O)c3n[nH]c4c3CCC(c3cn[nH]c3)C4)cn2)c1. The lowest BCUT2D eigenvalue weighted by molar-refractivity contribution is 0.0668. The number of hydrogen-bond acceptors (Lipinski definition) is 13. The largest absolute Gasteiger partial charge is 0.476 e. The standard InChI is InChI=1S/C23H40N4O4Si2.C22H20N8O.C11H10N4/c1-32(2,3)11-9-30-16-26-15-19(14-24-26)18-7-8-20-21(13-18)27(25-22(20)23(28)29)17-31-10-12-33(4,5)6;23-8-14-2-1-3-15(6-14)12-30-13-18(11-26-30)27-22(31)21-19-5-4-16(7-20(19)28-29-21)17-9-24-25-10-17;12-5-9-2-1-3-10(4-9)7-15-8-11(13)6-14-15/h14-15,18H,7-13,16-17H2,1-6H3,(H,28,29);1-3,6,9-11,13,16H,4-5,7,12H2,(H,24,25)(H,27,31)(H,28,29);1-4,6,8H,7,13H2. The number of carboxylic acids is 1. The van der Waals surface area contributed by atoms with Gasteiger partial charge in [-0.15, -0.1) is 0 Å². The van der Waals surface area contributed by atoms with Crippen molar-refractivity contribution in [1.82, 2.24) is 59.5 Å². The van der Waals surface area contributed by atoms with Crippen LogP contribution in [0.5, 0.6) is 0 Å². The summed E-state index contributed by atoms with van der Waals surface area (Å²) in [6, 6.07) is 21.3. The lowest BCUT2D eigenvalue weighted by Crippen LogP contribution is -2.22. The van der Waals surface area contributed by atoms with E-state index in [2.05, 4.69) is 104 Å². The molecule has 2 aliphatic rings. The predicted molar refractivity (Wildman–Crippen MR) is 304 cm³/mol. The number of nitrogen functional groups attached to an aromatic ring is 1. The highest BCUT2D eigenvalue weighted by Crippen LogP contribution is 2.35. The van der Waals surface area contributed by atoms with Gasteiger partial charge in [-0.3, -0.25) is 24.4 Å². The van der Waals surface area contributed by atoms with Gasteiger partial charge >= 0.3 is 5.97 Å². The number of carboxylic acid groups (broad SMARTS) is 1. The number of nitrogens with one attached hydrogen (secondary N) is 3. The molecule has 0 saturated heterocycles. The van der Waals surface area contributed by atoms with Crippen LogP contribution in [0.3, 0.4) is 0 Å². The minimum absolute atomic E-state index is 0.170. The maximum absolute atomic E-state index is 12.8. The van der Waals surface area contributed by atoms with E-state index in [4.69, 9.17) is 25.7 Å². The van der Waals surface area contributed by atoms with Crippen molar-refractivity contribution in [3.63, 3.8) is 0 Å². The molecule has 1 amide bonds. The molecule has 0 bridgehead atoms. The van der Waals surface area contributed by atoms with E-state index in [-0.39, 0.29) is 17.5 Å². The number of carbonyl (C=O) groups is 2. The molecular weight excluding hydrogens is 1030 g/mol. The zero-order valence-electron chi connectivity index (χ0n) is 45.8. The molecule has 0 fully saturated rings. The Morgan fingerprint density at radius 3 is 1.99 bits per heavy atom. The summed E-state index contributed by atoms with van der Waals surface area (Å²) in [5.74, 6) is -0.549. The zero-order chi connectivity index (χ0) is 56.1. The minimum atomic E-state index is -1.18. The molecule has 6 heterocycles. The van der Waals surface area contributed by atoms with Crippen LogP contribution < -0.4 is 11.1 Å². The van der Waals surface area contributed by atoms with Gasteiger partial charge in [0, 0.05) is 76.7 Å². The summed E-state index contributed by atoms with van der Waals surface area (Å²) in [4.78, 5) is 24.6.